The van der Waals surface area contributed by atoms with Gasteiger partial charge in [0.25, 0.3) is 0 Å². The average Bonchev–Trinajstić information content (AvgIpc) is 2.91. The molecule has 0 saturated heterocycles. The van der Waals surface area contributed by atoms with Crippen LogP contribution in [0, 0.1) is 6.92 Å². The van der Waals surface area contributed by atoms with E-state index in [2.05, 4.69) is 30.7 Å². The van der Waals surface area contributed by atoms with Crippen molar-refractivity contribution in [2.75, 3.05) is 0 Å². The minimum absolute atomic E-state index is 0.286. The van der Waals surface area contributed by atoms with Crippen LogP contribution in [0.4, 0.5) is 0 Å². The molecule has 1 aliphatic rings. The number of sulfonamides is 1. The molecule has 0 radical (unpaired) electrons. The lowest BCUT2D eigenvalue weighted by Gasteiger charge is -2.23. The molecule has 8 heteroatoms. The van der Waals surface area contributed by atoms with Crippen LogP contribution in [0.5, 0.6) is 0 Å². The molecule has 1 unspecified atom stereocenters. The third kappa shape index (κ3) is 2.75. The third-order valence-electron chi connectivity index (χ3n) is 3.62. The number of nitrogens with zero attached hydrogens (tertiary/aromatic N) is 3. The standard InChI is InChI=1S/C13H15BrN4O2S/c1-9-10(14)4-2-6-12(9)21(19,20)17-11-5-3-7-18-13(11)15-8-16-18/h2,4,6,8,11,17H,3,5,7H2,1H3. The fourth-order valence-electron chi connectivity index (χ4n) is 2.53. The van der Waals surface area contributed by atoms with E-state index in [1.807, 2.05) is 6.07 Å². The van der Waals surface area contributed by atoms with Crippen molar-refractivity contribution in [2.24, 2.45) is 0 Å². The van der Waals surface area contributed by atoms with Crippen molar-refractivity contribution >= 4 is 26.0 Å². The summed E-state index contributed by atoms with van der Waals surface area (Å²) < 4.78 is 30.5. The van der Waals surface area contributed by atoms with E-state index >= 15 is 0 Å². The normalized spacial score (nSPS) is 18.5. The van der Waals surface area contributed by atoms with Crippen LogP contribution in [0.1, 0.15) is 30.3 Å². The maximum absolute atomic E-state index is 12.6. The summed E-state index contributed by atoms with van der Waals surface area (Å²) >= 11 is 3.36. The van der Waals surface area contributed by atoms with Gasteiger partial charge in [-0.15, -0.1) is 0 Å². The van der Waals surface area contributed by atoms with E-state index in [1.54, 1.807) is 23.7 Å². The number of halogens is 1. The molecule has 1 aliphatic heterocycles. The molecule has 112 valence electrons. The number of hydrogen-bond acceptors (Lipinski definition) is 4. The van der Waals surface area contributed by atoms with Crippen molar-refractivity contribution in [1.82, 2.24) is 19.5 Å². The summed E-state index contributed by atoms with van der Waals surface area (Å²) in [6.45, 7) is 2.56. The fraction of sp³-hybridized carbons (Fsp3) is 0.385. The molecular formula is C13H15BrN4O2S. The Morgan fingerprint density at radius 2 is 2.24 bits per heavy atom. The molecular weight excluding hydrogens is 356 g/mol. The predicted molar refractivity (Wildman–Crippen MR) is 81.2 cm³/mol. The second kappa shape index (κ2) is 5.51. The summed E-state index contributed by atoms with van der Waals surface area (Å²) in [5.41, 5.74) is 0.697. The number of nitrogens with one attached hydrogen (secondary N) is 1. The molecule has 0 aliphatic carbocycles. The molecule has 0 saturated carbocycles. The van der Waals surface area contributed by atoms with Crippen LogP contribution in [0.25, 0.3) is 0 Å². The van der Waals surface area contributed by atoms with Gasteiger partial charge in [-0.2, -0.15) is 5.10 Å². The van der Waals surface area contributed by atoms with Crippen LogP contribution < -0.4 is 4.72 Å². The summed E-state index contributed by atoms with van der Waals surface area (Å²) in [5.74, 6) is 0.678. The van der Waals surface area contributed by atoms with Gasteiger partial charge < -0.3 is 0 Å². The van der Waals surface area contributed by atoms with E-state index in [0.29, 0.717) is 11.4 Å². The Hall–Kier alpha value is -1.25. The minimum Gasteiger partial charge on any atom is -0.248 e. The highest BCUT2D eigenvalue weighted by Crippen LogP contribution is 2.27. The van der Waals surface area contributed by atoms with Gasteiger partial charge in [0, 0.05) is 11.0 Å². The monoisotopic (exact) mass is 370 g/mol. The predicted octanol–water partition coefficient (Wildman–Crippen LogP) is 2.16. The maximum atomic E-state index is 12.6. The van der Waals surface area contributed by atoms with Gasteiger partial charge in [0.15, 0.2) is 0 Å². The SMILES string of the molecule is Cc1c(Br)cccc1S(=O)(=O)NC1CCCn2ncnc21. The van der Waals surface area contributed by atoms with Crippen LogP contribution in [-0.2, 0) is 16.6 Å². The topological polar surface area (TPSA) is 76.9 Å². The van der Waals surface area contributed by atoms with E-state index in [1.165, 1.54) is 6.33 Å². The van der Waals surface area contributed by atoms with E-state index in [4.69, 9.17) is 0 Å². The third-order valence-corrected chi connectivity index (χ3v) is 6.10. The molecule has 0 amide bonds. The minimum atomic E-state index is -3.59. The first-order valence-corrected chi connectivity index (χ1v) is 8.92. The van der Waals surface area contributed by atoms with Crippen LogP contribution in [0.3, 0.4) is 0 Å². The highest BCUT2D eigenvalue weighted by atomic mass is 79.9. The van der Waals surface area contributed by atoms with E-state index in [-0.39, 0.29) is 10.9 Å². The fourth-order valence-corrected chi connectivity index (χ4v) is 4.52. The quantitative estimate of drug-likeness (QED) is 0.897. The second-order valence-electron chi connectivity index (χ2n) is 5.02. The zero-order chi connectivity index (χ0) is 15.0. The summed E-state index contributed by atoms with van der Waals surface area (Å²) in [6, 6.07) is 4.82. The molecule has 21 heavy (non-hydrogen) atoms. The van der Waals surface area contributed by atoms with Gasteiger partial charge in [-0.1, -0.05) is 22.0 Å². The van der Waals surface area contributed by atoms with Crippen molar-refractivity contribution in [3.05, 3.63) is 40.4 Å². The first-order chi connectivity index (χ1) is 9.99. The molecule has 0 fully saturated rings. The Morgan fingerprint density at radius 1 is 1.43 bits per heavy atom. The zero-order valence-electron chi connectivity index (χ0n) is 11.5. The van der Waals surface area contributed by atoms with E-state index < -0.39 is 10.0 Å². The molecule has 6 nitrogen and oxygen atoms in total. The van der Waals surface area contributed by atoms with Crippen molar-refractivity contribution in [2.45, 2.75) is 37.2 Å². The molecule has 1 atom stereocenters. The number of aromatic nitrogens is 3. The Morgan fingerprint density at radius 3 is 3.05 bits per heavy atom. The van der Waals surface area contributed by atoms with Crippen molar-refractivity contribution in [3.63, 3.8) is 0 Å². The molecule has 1 aromatic carbocycles. The highest BCUT2D eigenvalue weighted by molar-refractivity contribution is 9.10. The van der Waals surface area contributed by atoms with Gasteiger partial charge in [0.2, 0.25) is 10.0 Å². The van der Waals surface area contributed by atoms with Gasteiger partial charge in [0.05, 0.1) is 10.9 Å². The van der Waals surface area contributed by atoms with Crippen molar-refractivity contribution in [1.29, 1.82) is 0 Å². The smallest absolute Gasteiger partial charge is 0.241 e. The lowest BCUT2D eigenvalue weighted by Crippen LogP contribution is -2.33. The van der Waals surface area contributed by atoms with E-state index in [9.17, 15) is 8.42 Å². The second-order valence-corrected chi connectivity index (χ2v) is 7.56. The Balaban J connectivity index is 1.93. The van der Waals surface area contributed by atoms with Crippen LogP contribution in [0.15, 0.2) is 33.9 Å². The molecule has 3 rings (SSSR count). The van der Waals surface area contributed by atoms with Crippen molar-refractivity contribution in [3.8, 4) is 0 Å². The van der Waals surface area contributed by atoms with Crippen LogP contribution >= 0.6 is 15.9 Å². The molecule has 2 aromatic rings. The van der Waals surface area contributed by atoms with Gasteiger partial charge >= 0.3 is 0 Å². The molecule has 0 spiro atoms. The number of benzene rings is 1. The lowest BCUT2D eigenvalue weighted by atomic mass is 10.1. The summed E-state index contributed by atoms with van der Waals surface area (Å²) in [7, 11) is -3.59. The average molecular weight is 371 g/mol. The Labute approximate surface area is 131 Å². The first kappa shape index (κ1) is 14.7. The molecule has 1 N–H and O–H groups in total. The number of rotatable bonds is 3. The first-order valence-electron chi connectivity index (χ1n) is 6.64. The van der Waals surface area contributed by atoms with Crippen LogP contribution in [0.2, 0.25) is 0 Å². The number of fused-ring (bicyclic) bond motifs is 1. The summed E-state index contributed by atoms with van der Waals surface area (Å²) in [4.78, 5) is 4.46. The zero-order valence-corrected chi connectivity index (χ0v) is 13.9. The van der Waals surface area contributed by atoms with Gasteiger partial charge in [-0.05, 0) is 37.5 Å². The largest absolute Gasteiger partial charge is 0.248 e. The molecule has 0 bridgehead atoms. The summed E-state index contributed by atoms with van der Waals surface area (Å²) in [5, 5.41) is 4.10. The van der Waals surface area contributed by atoms with Gasteiger partial charge in [-0.3, -0.25) is 0 Å². The Kier molecular flexibility index (Phi) is 3.85. The van der Waals surface area contributed by atoms with Crippen molar-refractivity contribution < 1.29 is 8.42 Å². The van der Waals surface area contributed by atoms with Gasteiger partial charge in [0.1, 0.15) is 12.2 Å². The number of hydrogen-bond donors (Lipinski definition) is 1. The molecule has 2 heterocycles. The van der Waals surface area contributed by atoms with Gasteiger partial charge in [-0.25, -0.2) is 22.8 Å². The molecule has 1 aromatic heterocycles. The van der Waals surface area contributed by atoms with Crippen LogP contribution in [-0.4, -0.2) is 23.2 Å². The van der Waals surface area contributed by atoms with E-state index in [0.717, 1.165) is 23.9 Å². The lowest BCUT2D eigenvalue weighted by molar-refractivity contribution is 0.400. The number of aryl methyl sites for hydroxylation is 1. The Bertz CT molecular complexity index is 772. The highest BCUT2D eigenvalue weighted by Gasteiger charge is 2.28. The summed E-state index contributed by atoms with van der Waals surface area (Å²) in [6.07, 6.45) is 3.07. The maximum Gasteiger partial charge on any atom is 0.241 e.